The second-order valence-corrected chi connectivity index (χ2v) is 11.1. The number of aromatic amines is 1. The van der Waals surface area contributed by atoms with E-state index in [1.165, 1.54) is 0 Å². The molecule has 224 valence electrons. The average molecular weight is 621 g/mol. The Labute approximate surface area is 272 Å². The van der Waals surface area contributed by atoms with Crippen LogP contribution in [0.1, 0.15) is 22.5 Å². The molecule has 1 amide bonds. The van der Waals surface area contributed by atoms with Crippen molar-refractivity contribution in [1.29, 1.82) is 5.26 Å². The lowest BCUT2D eigenvalue weighted by Crippen LogP contribution is -2.15. The molecule has 0 saturated heterocycles. The first-order valence-electron chi connectivity index (χ1n) is 14.6. The second-order valence-electron chi connectivity index (χ2n) is 10.7. The fraction of sp³-hybridized carbons (Fsp3) is 0.0526. The van der Waals surface area contributed by atoms with Crippen molar-refractivity contribution >= 4 is 51.6 Å². The molecule has 6 aromatic rings. The number of para-hydroxylation sites is 1. The zero-order valence-corrected chi connectivity index (χ0v) is 25.8. The molecule has 4 aromatic carbocycles. The quantitative estimate of drug-likeness (QED) is 0.125. The summed E-state index contributed by atoms with van der Waals surface area (Å²) in [5.74, 6) is 0.198. The number of halogens is 1. The second kappa shape index (κ2) is 13.3. The Hall–Kier alpha value is -5.97. The maximum atomic E-state index is 12.7. The van der Waals surface area contributed by atoms with Gasteiger partial charge in [-0.15, -0.1) is 0 Å². The molecule has 8 heteroatoms. The first kappa shape index (κ1) is 30.1. The van der Waals surface area contributed by atoms with Gasteiger partial charge in [0, 0.05) is 59.4 Å². The minimum atomic E-state index is -0.467. The number of H-pyrrole nitrogens is 1. The Kier molecular flexibility index (Phi) is 8.73. The summed E-state index contributed by atoms with van der Waals surface area (Å²) >= 11 is 6.54. The van der Waals surface area contributed by atoms with Gasteiger partial charge in [-0.1, -0.05) is 91.0 Å². The minimum Gasteiger partial charge on any atom is -0.360 e. The smallest absolute Gasteiger partial charge is 0.266 e. The van der Waals surface area contributed by atoms with E-state index in [9.17, 15) is 10.1 Å². The highest BCUT2D eigenvalue weighted by Crippen LogP contribution is 2.32. The molecule has 0 bridgehead atoms. The number of amides is 1. The highest BCUT2D eigenvalue weighted by atomic mass is 35.5. The summed E-state index contributed by atoms with van der Waals surface area (Å²) in [6.07, 6.45) is 5.68. The third-order valence-corrected chi connectivity index (χ3v) is 7.93. The molecule has 0 saturated carbocycles. The lowest BCUT2D eigenvalue weighted by molar-refractivity contribution is -0.112. The van der Waals surface area contributed by atoms with Crippen LogP contribution in [0.15, 0.2) is 128 Å². The van der Waals surface area contributed by atoms with E-state index in [0.29, 0.717) is 28.6 Å². The van der Waals surface area contributed by atoms with Crippen LogP contribution in [-0.4, -0.2) is 27.9 Å². The summed E-state index contributed by atoms with van der Waals surface area (Å²) in [6, 6.07) is 34.8. The van der Waals surface area contributed by atoms with Crippen LogP contribution in [0.2, 0.25) is 5.02 Å². The first-order valence-corrected chi connectivity index (χ1v) is 15.0. The third-order valence-electron chi connectivity index (χ3n) is 7.65. The topological polar surface area (TPSA) is 97.7 Å². The molecular formula is C38H29ClN6O. The molecule has 2 N–H and O–H groups in total. The SMILES string of the molecule is C=C(c1ccc(NC(=O)/C(C#N)=C\c2ccccc2)cc1)N(C)c1cccc(Cc2ncc(Cl)c(-c3c[nH]c4ccccc34)n2)c1. The van der Waals surface area contributed by atoms with Gasteiger partial charge in [0.05, 0.1) is 10.7 Å². The van der Waals surface area contributed by atoms with Gasteiger partial charge in [0.15, 0.2) is 0 Å². The van der Waals surface area contributed by atoms with Crippen molar-refractivity contribution in [1.82, 2.24) is 15.0 Å². The number of hydrogen-bond acceptors (Lipinski definition) is 5. The van der Waals surface area contributed by atoms with Crippen LogP contribution < -0.4 is 10.2 Å². The van der Waals surface area contributed by atoms with Crippen LogP contribution in [0.25, 0.3) is 33.9 Å². The lowest BCUT2D eigenvalue weighted by Gasteiger charge is -2.23. The molecule has 7 nitrogen and oxygen atoms in total. The van der Waals surface area contributed by atoms with Crippen LogP contribution in [0.3, 0.4) is 0 Å². The largest absolute Gasteiger partial charge is 0.360 e. The van der Waals surface area contributed by atoms with Crippen molar-refractivity contribution in [3.05, 3.63) is 155 Å². The van der Waals surface area contributed by atoms with Crippen molar-refractivity contribution in [3.8, 4) is 17.3 Å². The lowest BCUT2D eigenvalue weighted by atomic mass is 10.1. The van der Waals surface area contributed by atoms with Crippen LogP contribution in [-0.2, 0) is 11.2 Å². The van der Waals surface area contributed by atoms with E-state index in [-0.39, 0.29) is 5.57 Å². The van der Waals surface area contributed by atoms with Crippen molar-refractivity contribution in [2.45, 2.75) is 6.42 Å². The summed E-state index contributed by atoms with van der Waals surface area (Å²) in [7, 11) is 1.96. The molecule has 6 rings (SSSR count). The van der Waals surface area contributed by atoms with Crippen molar-refractivity contribution in [3.63, 3.8) is 0 Å². The summed E-state index contributed by atoms with van der Waals surface area (Å²) in [4.78, 5) is 27.4. The van der Waals surface area contributed by atoms with E-state index in [4.69, 9.17) is 16.6 Å². The molecule has 0 aliphatic carbocycles. The Balaban J connectivity index is 1.14. The number of carbonyl (C=O) groups excluding carboxylic acids is 1. The number of hydrogen-bond donors (Lipinski definition) is 2. The Morgan fingerprint density at radius 3 is 2.57 bits per heavy atom. The molecule has 0 aliphatic rings. The van der Waals surface area contributed by atoms with Gasteiger partial charge in [-0.05, 0) is 53.1 Å². The van der Waals surface area contributed by atoms with E-state index in [0.717, 1.165) is 44.5 Å². The number of nitrogens with zero attached hydrogens (tertiary/aromatic N) is 4. The number of aromatic nitrogens is 3. The number of rotatable bonds is 9. The zero-order valence-electron chi connectivity index (χ0n) is 25.0. The summed E-state index contributed by atoms with van der Waals surface area (Å²) < 4.78 is 0. The summed E-state index contributed by atoms with van der Waals surface area (Å²) in [5, 5.41) is 13.9. The predicted molar refractivity (Wildman–Crippen MR) is 186 cm³/mol. The monoisotopic (exact) mass is 620 g/mol. The Morgan fingerprint density at radius 1 is 1.02 bits per heavy atom. The average Bonchev–Trinajstić information content (AvgIpc) is 3.52. The first-order chi connectivity index (χ1) is 22.4. The van der Waals surface area contributed by atoms with Gasteiger partial charge in [-0.25, -0.2) is 9.97 Å². The number of carbonyl (C=O) groups is 1. The van der Waals surface area contributed by atoms with Crippen LogP contribution in [0, 0.1) is 11.3 Å². The molecule has 2 aromatic heterocycles. The van der Waals surface area contributed by atoms with Crippen molar-refractivity contribution in [2.75, 3.05) is 17.3 Å². The maximum absolute atomic E-state index is 12.7. The molecule has 2 heterocycles. The van der Waals surface area contributed by atoms with Crippen LogP contribution in [0.5, 0.6) is 0 Å². The normalized spacial score (nSPS) is 11.2. The van der Waals surface area contributed by atoms with Gasteiger partial charge in [0.1, 0.15) is 17.5 Å². The van der Waals surface area contributed by atoms with Gasteiger partial charge < -0.3 is 15.2 Å². The molecular weight excluding hydrogens is 592 g/mol. The van der Waals surface area contributed by atoms with E-state index >= 15 is 0 Å². The third kappa shape index (κ3) is 6.58. The van der Waals surface area contributed by atoms with Crippen LogP contribution >= 0.6 is 11.6 Å². The molecule has 0 radical (unpaired) electrons. The predicted octanol–water partition coefficient (Wildman–Crippen LogP) is 8.52. The van der Waals surface area contributed by atoms with E-state index < -0.39 is 5.91 Å². The van der Waals surface area contributed by atoms with E-state index in [1.807, 2.05) is 109 Å². The van der Waals surface area contributed by atoms with Gasteiger partial charge in [0.2, 0.25) is 0 Å². The molecule has 0 aliphatic heterocycles. The number of fused-ring (bicyclic) bond motifs is 1. The van der Waals surface area contributed by atoms with Crippen molar-refractivity contribution in [2.24, 2.45) is 0 Å². The standard InChI is InChI=1S/C38H29ClN6O/c1-25(28-15-17-30(18-16-28)43-38(46)29(22-40)19-26-9-4-3-5-10-26)45(2)31-12-8-11-27(20-31)21-36-42-24-34(39)37(44-36)33-23-41-35-14-7-6-13-32(33)35/h3-20,23-24,41H,1,21H2,2H3,(H,43,46)/b29-19-. The van der Waals surface area contributed by atoms with Gasteiger partial charge in [0.25, 0.3) is 5.91 Å². The number of benzene rings is 4. The Bertz CT molecular complexity index is 2130. The summed E-state index contributed by atoms with van der Waals surface area (Å²) in [5.41, 5.74) is 7.70. The van der Waals surface area contributed by atoms with Gasteiger partial charge in [-0.3, -0.25) is 4.79 Å². The highest BCUT2D eigenvalue weighted by Gasteiger charge is 2.15. The van der Waals surface area contributed by atoms with Crippen LogP contribution in [0.4, 0.5) is 11.4 Å². The number of nitriles is 1. The van der Waals surface area contributed by atoms with Gasteiger partial charge >= 0.3 is 0 Å². The maximum Gasteiger partial charge on any atom is 0.266 e. The molecule has 0 fully saturated rings. The molecule has 0 spiro atoms. The number of nitrogens with one attached hydrogen (secondary N) is 2. The minimum absolute atomic E-state index is 0.0255. The fourth-order valence-electron chi connectivity index (χ4n) is 5.16. The molecule has 0 unspecified atom stereocenters. The molecule has 46 heavy (non-hydrogen) atoms. The van der Waals surface area contributed by atoms with E-state index in [2.05, 4.69) is 27.9 Å². The van der Waals surface area contributed by atoms with E-state index in [1.54, 1.807) is 24.4 Å². The van der Waals surface area contributed by atoms with Gasteiger partial charge in [-0.2, -0.15) is 5.26 Å². The van der Waals surface area contributed by atoms with Crippen molar-refractivity contribution < 1.29 is 4.79 Å². The zero-order chi connectivity index (χ0) is 32.0. The number of anilines is 2. The Morgan fingerprint density at radius 2 is 1.78 bits per heavy atom. The summed E-state index contributed by atoms with van der Waals surface area (Å²) in [6.45, 7) is 4.31. The molecule has 0 atom stereocenters. The fourth-order valence-corrected chi connectivity index (χ4v) is 5.35. The highest BCUT2D eigenvalue weighted by molar-refractivity contribution is 6.33.